The van der Waals surface area contributed by atoms with Gasteiger partial charge in [0.05, 0.1) is 18.1 Å². The SMILES string of the molecule is COc1ccc(Oc2ccc3nnc(C(F)F)n3n2)c([N+](=O)[O-])c1. The molecule has 0 aliphatic heterocycles. The third-order valence-corrected chi connectivity index (χ3v) is 3.03. The zero-order chi connectivity index (χ0) is 17.3. The maximum atomic E-state index is 12.8. The number of methoxy groups -OCH3 is 1. The van der Waals surface area contributed by atoms with E-state index >= 15 is 0 Å². The summed E-state index contributed by atoms with van der Waals surface area (Å²) in [4.78, 5) is 10.5. The van der Waals surface area contributed by atoms with Gasteiger partial charge >= 0.3 is 5.69 Å². The van der Waals surface area contributed by atoms with Crippen molar-refractivity contribution in [2.24, 2.45) is 0 Å². The number of ether oxygens (including phenoxy) is 2. The van der Waals surface area contributed by atoms with Gasteiger partial charge in [0.2, 0.25) is 17.5 Å². The van der Waals surface area contributed by atoms with Crippen molar-refractivity contribution in [1.29, 1.82) is 0 Å². The molecule has 9 nitrogen and oxygen atoms in total. The van der Waals surface area contributed by atoms with Crippen LogP contribution in [0, 0.1) is 10.1 Å². The molecule has 1 aromatic carbocycles. The van der Waals surface area contributed by atoms with E-state index in [-0.39, 0.29) is 28.7 Å². The molecule has 0 radical (unpaired) electrons. The Balaban J connectivity index is 2.00. The first kappa shape index (κ1) is 15.5. The summed E-state index contributed by atoms with van der Waals surface area (Å²) in [5.41, 5.74) is -0.254. The molecule has 0 saturated heterocycles. The van der Waals surface area contributed by atoms with Crippen molar-refractivity contribution < 1.29 is 23.2 Å². The fourth-order valence-corrected chi connectivity index (χ4v) is 1.94. The van der Waals surface area contributed by atoms with Crippen molar-refractivity contribution in [2.45, 2.75) is 6.43 Å². The Morgan fingerprint density at radius 2 is 2.04 bits per heavy atom. The van der Waals surface area contributed by atoms with Crippen LogP contribution in [0.15, 0.2) is 30.3 Å². The van der Waals surface area contributed by atoms with Gasteiger partial charge in [-0.1, -0.05) is 0 Å². The van der Waals surface area contributed by atoms with Gasteiger partial charge in [-0.25, -0.2) is 8.78 Å². The molecule has 0 aliphatic rings. The van der Waals surface area contributed by atoms with Gasteiger partial charge in [-0.3, -0.25) is 10.1 Å². The van der Waals surface area contributed by atoms with Crippen LogP contribution in [0.25, 0.3) is 5.65 Å². The van der Waals surface area contributed by atoms with E-state index in [1.165, 1.54) is 37.4 Å². The minimum Gasteiger partial charge on any atom is -0.496 e. The number of hydrogen-bond acceptors (Lipinski definition) is 7. The van der Waals surface area contributed by atoms with Crippen LogP contribution >= 0.6 is 0 Å². The van der Waals surface area contributed by atoms with Crippen molar-refractivity contribution in [3.05, 3.63) is 46.3 Å². The van der Waals surface area contributed by atoms with Gasteiger partial charge in [0.25, 0.3) is 6.43 Å². The van der Waals surface area contributed by atoms with Gasteiger partial charge in [0, 0.05) is 6.07 Å². The minimum absolute atomic E-state index is 0.0990. The molecule has 0 spiro atoms. The van der Waals surface area contributed by atoms with E-state index < -0.39 is 17.2 Å². The summed E-state index contributed by atoms with van der Waals surface area (Å²) in [6, 6.07) is 6.66. The molecule has 2 aromatic heterocycles. The van der Waals surface area contributed by atoms with Crippen LogP contribution < -0.4 is 9.47 Å². The van der Waals surface area contributed by atoms with Gasteiger partial charge in [-0.05, 0) is 18.2 Å². The second-order valence-corrected chi connectivity index (χ2v) is 4.49. The fourth-order valence-electron chi connectivity index (χ4n) is 1.94. The van der Waals surface area contributed by atoms with E-state index in [1.807, 2.05) is 0 Å². The van der Waals surface area contributed by atoms with E-state index in [1.54, 1.807) is 0 Å². The Hall–Kier alpha value is -3.37. The molecule has 0 atom stereocenters. The highest BCUT2D eigenvalue weighted by Gasteiger charge is 2.20. The zero-order valence-corrected chi connectivity index (χ0v) is 12.1. The van der Waals surface area contributed by atoms with Crippen molar-refractivity contribution >= 4 is 11.3 Å². The summed E-state index contributed by atoms with van der Waals surface area (Å²) in [5, 5.41) is 21.8. The monoisotopic (exact) mass is 337 g/mol. The van der Waals surface area contributed by atoms with Crippen LogP contribution in [0.2, 0.25) is 0 Å². The van der Waals surface area contributed by atoms with E-state index in [0.717, 1.165) is 4.52 Å². The molecule has 2 heterocycles. The number of nitro benzene ring substituents is 1. The molecule has 124 valence electrons. The number of nitrogens with zero attached hydrogens (tertiary/aromatic N) is 5. The van der Waals surface area contributed by atoms with Crippen molar-refractivity contribution in [3.63, 3.8) is 0 Å². The molecule has 0 saturated carbocycles. The molecule has 0 aliphatic carbocycles. The van der Waals surface area contributed by atoms with Crippen molar-refractivity contribution in [3.8, 4) is 17.4 Å². The number of aromatic nitrogens is 4. The lowest BCUT2D eigenvalue weighted by Gasteiger charge is -2.07. The second kappa shape index (κ2) is 6.02. The first-order valence-corrected chi connectivity index (χ1v) is 6.50. The Bertz CT molecular complexity index is 915. The number of nitro groups is 1. The molecule has 3 rings (SSSR count). The highest BCUT2D eigenvalue weighted by atomic mass is 19.3. The highest BCUT2D eigenvalue weighted by Crippen LogP contribution is 2.33. The number of hydrogen-bond donors (Lipinski definition) is 0. The van der Waals surface area contributed by atoms with Crippen LogP contribution in [-0.2, 0) is 0 Å². The second-order valence-electron chi connectivity index (χ2n) is 4.49. The first-order chi connectivity index (χ1) is 11.5. The quantitative estimate of drug-likeness (QED) is 0.520. The maximum Gasteiger partial charge on any atom is 0.315 e. The average molecular weight is 337 g/mol. The molecular formula is C13H9F2N5O4. The average Bonchev–Trinajstić information content (AvgIpc) is 2.98. The Morgan fingerprint density at radius 1 is 1.25 bits per heavy atom. The molecule has 0 amide bonds. The summed E-state index contributed by atoms with van der Waals surface area (Å²) < 4.78 is 36.8. The summed E-state index contributed by atoms with van der Waals surface area (Å²) >= 11 is 0. The summed E-state index contributed by atoms with van der Waals surface area (Å²) in [6.07, 6.45) is -2.88. The lowest BCUT2D eigenvalue weighted by atomic mass is 10.3. The molecule has 3 aromatic rings. The van der Waals surface area contributed by atoms with E-state index in [0.29, 0.717) is 0 Å². The molecule has 0 fully saturated rings. The predicted octanol–water partition coefficient (Wildman–Crippen LogP) is 2.77. The Labute approximate surface area is 132 Å². The third-order valence-electron chi connectivity index (χ3n) is 3.03. The molecule has 11 heteroatoms. The van der Waals surface area contributed by atoms with Gasteiger partial charge in [-0.15, -0.1) is 15.3 Å². The van der Waals surface area contributed by atoms with Crippen LogP contribution in [-0.4, -0.2) is 31.8 Å². The maximum absolute atomic E-state index is 12.8. The smallest absolute Gasteiger partial charge is 0.315 e. The van der Waals surface area contributed by atoms with Gasteiger partial charge in [0.15, 0.2) is 5.65 Å². The van der Waals surface area contributed by atoms with Gasteiger partial charge in [-0.2, -0.15) is 4.52 Å². The van der Waals surface area contributed by atoms with E-state index in [2.05, 4.69) is 15.3 Å². The fraction of sp³-hybridized carbons (Fsp3) is 0.154. The number of fused-ring (bicyclic) bond motifs is 1. The summed E-state index contributed by atoms with van der Waals surface area (Å²) in [5.74, 6) is -0.618. The van der Waals surface area contributed by atoms with E-state index in [4.69, 9.17) is 9.47 Å². The molecule has 0 unspecified atom stereocenters. The normalized spacial score (nSPS) is 11.0. The number of rotatable bonds is 5. The van der Waals surface area contributed by atoms with Gasteiger partial charge < -0.3 is 9.47 Å². The van der Waals surface area contributed by atoms with Crippen LogP contribution in [0.4, 0.5) is 14.5 Å². The predicted molar refractivity (Wildman–Crippen MR) is 75.5 cm³/mol. The molecule has 24 heavy (non-hydrogen) atoms. The molecule has 0 bridgehead atoms. The van der Waals surface area contributed by atoms with Crippen LogP contribution in [0.5, 0.6) is 17.4 Å². The van der Waals surface area contributed by atoms with Crippen molar-refractivity contribution in [2.75, 3.05) is 7.11 Å². The standard InChI is InChI=1S/C13H9F2N5O4/c1-23-7-2-3-9(8(6-7)20(21)22)24-11-5-4-10-16-17-13(12(14)15)19(10)18-11/h2-6,12H,1H3. The molecule has 0 N–H and O–H groups in total. The largest absolute Gasteiger partial charge is 0.496 e. The number of benzene rings is 1. The topological polar surface area (TPSA) is 105 Å². The lowest BCUT2D eigenvalue weighted by molar-refractivity contribution is -0.385. The third kappa shape index (κ3) is 2.78. The number of alkyl halides is 2. The zero-order valence-electron chi connectivity index (χ0n) is 12.1. The van der Waals surface area contributed by atoms with Crippen molar-refractivity contribution in [1.82, 2.24) is 19.8 Å². The summed E-state index contributed by atoms with van der Waals surface area (Å²) in [7, 11) is 1.37. The number of halogens is 2. The Kier molecular flexibility index (Phi) is 3.90. The first-order valence-electron chi connectivity index (χ1n) is 6.50. The highest BCUT2D eigenvalue weighted by molar-refractivity contribution is 5.52. The van der Waals surface area contributed by atoms with Gasteiger partial charge in [0.1, 0.15) is 5.75 Å². The van der Waals surface area contributed by atoms with Crippen LogP contribution in [0.3, 0.4) is 0 Å². The lowest BCUT2D eigenvalue weighted by Crippen LogP contribution is -2.02. The van der Waals surface area contributed by atoms with Crippen LogP contribution in [0.1, 0.15) is 12.2 Å². The molecular weight excluding hydrogens is 328 g/mol. The summed E-state index contributed by atoms with van der Waals surface area (Å²) in [6.45, 7) is 0. The van der Waals surface area contributed by atoms with E-state index in [9.17, 15) is 18.9 Å². The Morgan fingerprint density at radius 3 is 2.71 bits per heavy atom. The minimum atomic E-state index is -2.88.